The van der Waals surface area contributed by atoms with Gasteiger partial charge in [0.05, 0.1) is 24.4 Å². The number of rotatable bonds is 7. The highest BCUT2D eigenvalue weighted by atomic mass is 35.5. The molecule has 144 valence electrons. The van der Waals surface area contributed by atoms with Crippen LogP contribution in [0.4, 0.5) is 0 Å². The van der Waals surface area contributed by atoms with E-state index in [4.69, 9.17) is 16.3 Å². The topological polar surface area (TPSA) is 73.2 Å². The Bertz CT molecular complexity index is 956. The van der Waals surface area contributed by atoms with Gasteiger partial charge in [0.2, 0.25) is 0 Å². The number of hydrogen-bond donors (Lipinski definition) is 1. The molecular weight excluding hydrogens is 378 g/mol. The molecule has 28 heavy (non-hydrogen) atoms. The molecule has 7 heteroatoms. The molecule has 1 aromatic heterocycles. The zero-order valence-electron chi connectivity index (χ0n) is 15.3. The predicted octanol–water partition coefficient (Wildman–Crippen LogP) is 3.62. The first-order valence-electron chi connectivity index (χ1n) is 8.86. The number of nitrogens with zero attached hydrogens (tertiary/aromatic N) is 2. The second-order valence-corrected chi connectivity index (χ2v) is 6.56. The summed E-state index contributed by atoms with van der Waals surface area (Å²) in [6, 6.07) is 15.3. The molecule has 1 amide bonds. The molecule has 0 bridgehead atoms. The third-order valence-corrected chi connectivity index (χ3v) is 4.26. The van der Waals surface area contributed by atoms with Crippen LogP contribution in [0.3, 0.4) is 0 Å². The molecule has 0 aliphatic heterocycles. The van der Waals surface area contributed by atoms with Crippen molar-refractivity contribution in [1.29, 1.82) is 0 Å². The number of esters is 1. The molecule has 0 saturated carbocycles. The summed E-state index contributed by atoms with van der Waals surface area (Å²) in [6.45, 7) is 2.45. The molecular formula is C21H20ClN3O3. The summed E-state index contributed by atoms with van der Waals surface area (Å²) < 4.78 is 6.81. The Morgan fingerprint density at radius 3 is 2.64 bits per heavy atom. The van der Waals surface area contributed by atoms with E-state index in [1.165, 1.54) is 0 Å². The minimum atomic E-state index is -0.873. The van der Waals surface area contributed by atoms with Crippen molar-refractivity contribution in [2.45, 2.75) is 19.5 Å². The standard InChI is InChI=1S/C21H20ClN3O3/c1-2-28-21(27)19(16-8-4-3-5-9-16)24-20(26)17-10-6-7-15(11-17)13-25-14-18(22)12-23-25/h3-12,14,19H,2,13H2,1H3,(H,24,26)/t19-/m0/s1. The van der Waals surface area contributed by atoms with Crippen molar-refractivity contribution < 1.29 is 14.3 Å². The van der Waals surface area contributed by atoms with Gasteiger partial charge in [0, 0.05) is 11.8 Å². The first kappa shape index (κ1) is 19.6. The summed E-state index contributed by atoms with van der Waals surface area (Å²) in [6.07, 6.45) is 3.27. The van der Waals surface area contributed by atoms with Gasteiger partial charge in [-0.1, -0.05) is 54.1 Å². The quantitative estimate of drug-likeness (QED) is 0.618. The minimum Gasteiger partial charge on any atom is -0.464 e. The smallest absolute Gasteiger partial charge is 0.333 e. The molecule has 3 rings (SSSR count). The molecule has 0 unspecified atom stereocenters. The second-order valence-electron chi connectivity index (χ2n) is 6.13. The molecule has 3 aromatic rings. The van der Waals surface area contributed by atoms with Gasteiger partial charge >= 0.3 is 5.97 Å². The third kappa shape index (κ3) is 4.98. The van der Waals surface area contributed by atoms with E-state index in [9.17, 15) is 9.59 Å². The van der Waals surface area contributed by atoms with Crippen LogP contribution in [-0.2, 0) is 16.1 Å². The number of nitrogens with one attached hydrogen (secondary N) is 1. The zero-order chi connectivity index (χ0) is 19.9. The Labute approximate surface area is 168 Å². The lowest BCUT2D eigenvalue weighted by atomic mass is 10.1. The van der Waals surface area contributed by atoms with Crippen LogP contribution >= 0.6 is 11.6 Å². The Hall–Kier alpha value is -3.12. The Balaban J connectivity index is 1.78. The molecule has 0 aliphatic rings. The second kappa shape index (κ2) is 9.19. The summed E-state index contributed by atoms with van der Waals surface area (Å²) in [5.74, 6) is -0.855. The zero-order valence-corrected chi connectivity index (χ0v) is 16.1. The lowest BCUT2D eigenvalue weighted by molar-refractivity contribution is -0.145. The van der Waals surface area contributed by atoms with Gasteiger partial charge in [0.25, 0.3) is 5.91 Å². The van der Waals surface area contributed by atoms with Gasteiger partial charge in [0.15, 0.2) is 6.04 Å². The number of hydrogen-bond acceptors (Lipinski definition) is 4. The van der Waals surface area contributed by atoms with Crippen LogP contribution in [0.15, 0.2) is 67.0 Å². The number of carbonyl (C=O) groups excluding carboxylic acids is 2. The van der Waals surface area contributed by atoms with E-state index in [0.29, 0.717) is 22.7 Å². The van der Waals surface area contributed by atoms with Crippen LogP contribution in [0.2, 0.25) is 5.02 Å². The Morgan fingerprint density at radius 1 is 1.18 bits per heavy atom. The van der Waals surface area contributed by atoms with Crippen molar-refractivity contribution >= 4 is 23.5 Å². The van der Waals surface area contributed by atoms with Crippen molar-refractivity contribution in [1.82, 2.24) is 15.1 Å². The molecule has 1 N–H and O–H groups in total. The van der Waals surface area contributed by atoms with Crippen molar-refractivity contribution in [2.24, 2.45) is 0 Å². The maximum Gasteiger partial charge on any atom is 0.333 e. The fourth-order valence-corrected chi connectivity index (χ4v) is 2.94. The van der Waals surface area contributed by atoms with Crippen molar-refractivity contribution in [3.05, 3.63) is 88.7 Å². The molecule has 2 aromatic carbocycles. The van der Waals surface area contributed by atoms with Gasteiger partial charge in [-0.05, 0) is 30.2 Å². The normalized spacial score (nSPS) is 11.6. The monoisotopic (exact) mass is 397 g/mol. The number of amides is 1. The van der Waals surface area contributed by atoms with Gasteiger partial charge in [-0.3, -0.25) is 9.48 Å². The van der Waals surface area contributed by atoms with Gasteiger partial charge < -0.3 is 10.1 Å². The van der Waals surface area contributed by atoms with Crippen LogP contribution in [0.25, 0.3) is 0 Å². The summed E-state index contributed by atoms with van der Waals surface area (Å²) in [5.41, 5.74) is 2.00. The average Bonchev–Trinajstić information content (AvgIpc) is 3.11. The molecule has 6 nitrogen and oxygen atoms in total. The molecule has 1 atom stereocenters. The van der Waals surface area contributed by atoms with Gasteiger partial charge in [-0.2, -0.15) is 5.10 Å². The Morgan fingerprint density at radius 2 is 1.96 bits per heavy atom. The summed E-state index contributed by atoms with van der Waals surface area (Å²) in [5, 5.41) is 7.46. The highest BCUT2D eigenvalue weighted by Gasteiger charge is 2.24. The largest absolute Gasteiger partial charge is 0.464 e. The highest BCUT2D eigenvalue weighted by Crippen LogP contribution is 2.16. The molecule has 0 aliphatic carbocycles. The van der Waals surface area contributed by atoms with E-state index in [-0.39, 0.29) is 12.5 Å². The average molecular weight is 398 g/mol. The fourth-order valence-electron chi connectivity index (χ4n) is 2.79. The Kier molecular flexibility index (Phi) is 6.45. The lowest BCUT2D eigenvalue weighted by Gasteiger charge is -2.18. The summed E-state index contributed by atoms with van der Waals surface area (Å²) in [7, 11) is 0. The van der Waals surface area contributed by atoms with Gasteiger partial charge in [0.1, 0.15) is 0 Å². The van der Waals surface area contributed by atoms with Gasteiger partial charge in [-0.25, -0.2) is 4.79 Å². The predicted molar refractivity (Wildman–Crippen MR) is 106 cm³/mol. The van der Waals surface area contributed by atoms with Crippen LogP contribution < -0.4 is 5.32 Å². The highest BCUT2D eigenvalue weighted by molar-refractivity contribution is 6.30. The van der Waals surface area contributed by atoms with Crippen LogP contribution in [-0.4, -0.2) is 28.3 Å². The minimum absolute atomic E-state index is 0.236. The van der Waals surface area contributed by atoms with E-state index >= 15 is 0 Å². The van der Waals surface area contributed by atoms with Crippen molar-refractivity contribution in [2.75, 3.05) is 6.61 Å². The fraction of sp³-hybridized carbons (Fsp3) is 0.190. The first-order chi connectivity index (χ1) is 13.6. The van der Waals surface area contributed by atoms with Crippen LogP contribution in [0, 0.1) is 0 Å². The number of aromatic nitrogens is 2. The van der Waals surface area contributed by atoms with Crippen molar-refractivity contribution in [3.63, 3.8) is 0 Å². The van der Waals surface area contributed by atoms with E-state index in [1.807, 2.05) is 24.3 Å². The number of carbonyl (C=O) groups is 2. The summed E-state index contributed by atoms with van der Waals surface area (Å²) in [4.78, 5) is 25.1. The van der Waals surface area contributed by atoms with E-state index < -0.39 is 12.0 Å². The molecule has 0 spiro atoms. The maximum absolute atomic E-state index is 12.8. The van der Waals surface area contributed by atoms with Crippen LogP contribution in [0.5, 0.6) is 0 Å². The SMILES string of the molecule is CCOC(=O)[C@@H](NC(=O)c1cccc(Cn2cc(Cl)cn2)c1)c1ccccc1. The maximum atomic E-state index is 12.8. The number of benzene rings is 2. The number of halogens is 1. The van der Waals surface area contributed by atoms with E-state index in [2.05, 4.69) is 10.4 Å². The molecule has 0 radical (unpaired) electrons. The third-order valence-electron chi connectivity index (χ3n) is 4.07. The lowest BCUT2D eigenvalue weighted by Crippen LogP contribution is -2.35. The molecule has 0 saturated heterocycles. The van der Waals surface area contributed by atoms with E-state index in [0.717, 1.165) is 5.56 Å². The first-order valence-corrected chi connectivity index (χ1v) is 9.24. The van der Waals surface area contributed by atoms with Crippen LogP contribution in [0.1, 0.15) is 34.5 Å². The van der Waals surface area contributed by atoms with E-state index in [1.54, 1.807) is 54.3 Å². The molecule has 0 fully saturated rings. The number of ether oxygens (including phenoxy) is 1. The van der Waals surface area contributed by atoms with Crippen molar-refractivity contribution in [3.8, 4) is 0 Å². The van der Waals surface area contributed by atoms with Gasteiger partial charge in [-0.15, -0.1) is 0 Å². The summed E-state index contributed by atoms with van der Waals surface area (Å²) >= 11 is 5.89. The molecule has 1 heterocycles.